The Morgan fingerprint density at radius 3 is 2.85 bits per heavy atom. The molecule has 0 bridgehead atoms. The van der Waals surface area contributed by atoms with Crippen LogP contribution in [0.4, 0.5) is 15.8 Å². The maximum Gasteiger partial charge on any atom is 0.337 e. The number of esters is 1. The third kappa shape index (κ3) is 3.66. The van der Waals surface area contributed by atoms with Gasteiger partial charge in [-0.2, -0.15) is 0 Å². The van der Waals surface area contributed by atoms with E-state index in [4.69, 9.17) is 9.47 Å². The van der Waals surface area contributed by atoms with Crippen LogP contribution in [0.3, 0.4) is 0 Å². The van der Waals surface area contributed by atoms with Gasteiger partial charge in [0.15, 0.2) is 0 Å². The molecule has 7 heteroatoms. The molecule has 2 unspecified atom stereocenters. The Kier molecular flexibility index (Phi) is 5.06. The molecule has 1 N–H and O–H groups in total. The summed E-state index contributed by atoms with van der Waals surface area (Å²) < 4.78 is 25.5. The fourth-order valence-corrected chi connectivity index (χ4v) is 3.82. The molecule has 0 amide bonds. The largest absolute Gasteiger partial charge is 0.465 e. The second-order valence-electron chi connectivity index (χ2n) is 6.76. The van der Waals surface area contributed by atoms with Gasteiger partial charge in [-0.05, 0) is 42.3 Å². The highest BCUT2D eigenvalue weighted by Gasteiger charge is 2.33. The molecule has 27 heavy (non-hydrogen) atoms. The molecule has 2 aromatic rings. The topological polar surface area (TPSA) is 50.8 Å². The predicted octanol–water partition coefficient (Wildman–Crippen LogP) is 3.96. The average molecular weight is 435 g/mol. The van der Waals surface area contributed by atoms with Crippen molar-refractivity contribution >= 4 is 33.3 Å². The Balaban J connectivity index is 1.63. The van der Waals surface area contributed by atoms with Crippen LogP contribution in [-0.4, -0.2) is 38.5 Å². The number of rotatable bonds is 5. The minimum atomic E-state index is -0.375. The molecule has 5 nitrogen and oxygen atoms in total. The Hall–Kier alpha value is -2.12. The highest BCUT2D eigenvalue weighted by Crippen LogP contribution is 2.38. The van der Waals surface area contributed by atoms with E-state index in [-0.39, 0.29) is 24.1 Å². The molecule has 142 valence electrons. The molecule has 0 spiro atoms. The molecule has 2 aliphatic rings. The summed E-state index contributed by atoms with van der Waals surface area (Å²) in [5, 5.41) is 3.45. The molecule has 2 aromatic carbocycles. The number of carbonyl (C=O) groups is 1. The molecule has 2 atom stereocenters. The lowest BCUT2D eigenvalue weighted by Gasteiger charge is -2.35. The van der Waals surface area contributed by atoms with Gasteiger partial charge in [0.1, 0.15) is 12.0 Å². The van der Waals surface area contributed by atoms with Crippen molar-refractivity contribution < 1.29 is 18.7 Å². The van der Waals surface area contributed by atoms with E-state index >= 15 is 0 Å². The quantitative estimate of drug-likeness (QED) is 0.721. The first-order chi connectivity index (χ1) is 13.0. The van der Waals surface area contributed by atoms with E-state index in [9.17, 15) is 9.18 Å². The summed E-state index contributed by atoms with van der Waals surface area (Å²) in [6, 6.07) is 10.5. The minimum Gasteiger partial charge on any atom is -0.465 e. The van der Waals surface area contributed by atoms with Crippen molar-refractivity contribution in [1.82, 2.24) is 0 Å². The Bertz CT molecular complexity index is 872. The summed E-state index contributed by atoms with van der Waals surface area (Å²) in [5.74, 6) is -0.614. The first-order valence-corrected chi connectivity index (χ1v) is 9.65. The first kappa shape index (κ1) is 18.3. The van der Waals surface area contributed by atoms with Crippen LogP contribution < -0.4 is 10.2 Å². The molecule has 1 saturated heterocycles. The maximum absolute atomic E-state index is 14.4. The highest BCUT2D eigenvalue weighted by molar-refractivity contribution is 9.10. The second-order valence-corrected chi connectivity index (χ2v) is 7.67. The van der Waals surface area contributed by atoms with Crippen molar-refractivity contribution in [1.29, 1.82) is 0 Å². The number of nitrogens with zero attached hydrogens (tertiary/aromatic N) is 1. The van der Waals surface area contributed by atoms with Crippen LogP contribution in [0.15, 0.2) is 40.9 Å². The minimum absolute atomic E-state index is 0.118. The summed E-state index contributed by atoms with van der Waals surface area (Å²) in [4.78, 5) is 14.1. The van der Waals surface area contributed by atoms with E-state index in [1.54, 1.807) is 12.1 Å². The van der Waals surface area contributed by atoms with Crippen molar-refractivity contribution in [2.24, 2.45) is 0 Å². The highest BCUT2D eigenvalue weighted by atomic mass is 79.9. The van der Waals surface area contributed by atoms with Crippen molar-refractivity contribution in [3.63, 3.8) is 0 Å². The van der Waals surface area contributed by atoms with Gasteiger partial charge < -0.3 is 19.7 Å². The molecule has 0 radical (unpaired) electrons. The van der Waals surface area contributed by atoms with Gasteiger partial charge in [-0.25, -0.2) is 9.18 Å². The summed E-state index contributed by atoms with van der Waals surface area (Å²) in [6.07, 6.45) is 1.53. The van der Waals surface area contributed by atoms with Crippen LogP contribution in [0.5, 0.6) is 0 Å². The van der Waals surface area contributed by atoms with Crippen LogP contribution in [0.2, 0.25) is 0 Å². The lowest BCUT2D eigenvalue weighted by Crippen LogP contribution is -2.46. The summed E-state index contributed by atoms with van der Waals surface area (Å²) >= 11 is 3.30. The zero-order chi connectivity index (χ0) is 19.0. The predicted molar refractivity (Wildman–Crippen MR) is 105 cm³/mol. The van der Waals surface area contributed by atoms with Gasteiger partial charge >= 0.3 is 5.97 Å². The molecular weight excluding hydrogens is 415 g/mol. The second kappa shape index (κ2) is 7.48. The van der Waals surface area contributed by atoms with Gasteiger partial charge in [-0.1, -0.05) is 22.0 Å². The molecular formula is C20H20BrFN2O3. The van der Waals surface area contributed by atoms with E-state index in [0.717, 1.165) is 24.4 Å². The Labute approximate surface area is 165 Å². The third-order valence-corrected chi connectivity index (χ3v) is 5.54. The van der Waals surface area contributed by atoms with Crippen LogP contribution >= 0.6 is 15.9 Å². The van der Waals surface area contributed by atoms with Crippen LogP contribution in [0.1, 0.15) is 22.3 Å². The Morgan fingerprint density at radius 2 is 2.19 bits per heavy atom. The van der Waals surface area contributed by atoms with E-state index in [0.29, 0.717) is 28.6 Å². The van der Waals surface area contributed by atoms with Crippen LogP contribution in [-0.2, 0) is 15.9 Å². The number of methoxy groups -OCH3 is 1. The van der Waals surface area contributed by atoms with Crippen molar-refractivity contribution in [3.05, 3.63) is 57.8 Å². The molecule has 0 saturated carbocycles. The molecule has 4 rings (SSSR count). The van der Waals surface area contributed by atoms with Crippen molar-refractivity contribution in [2.45, 2.75) is 25.1 Å². The Morgan fingerprint density at radius 1 is 1.37 bits per heavy atom. The molecule has 1 fully saturated rings. The molecule has 0 aliphatic carbocycles. The number of ether oxygens (including phenoxy) is 2. The fourth-order valence-electron chi connectivity index (χ4n) is 3.49. The van der Waals surface area contributed by atoms with Gasteiger partial charge in [0.25, 0.3) is 0 Å². The van der Waals surface area contributed by atoms with E-state index in [1.807, 2.05) is 18.2 Å². The summed E-state index contributed by atoms with van der Waals surface area (Å²) in [5.41, 5.74) is 2.96. The first-order valence-electron chi connectivity index (χ1n) is 8.86. The SMILES string of the molecule is COC(=O)c1ccc2c(c1)N(CC1CCO1)C(Cc1ccc(Br)cc1F)N2. The van der Waals surface area contributed by atoms with Gasteiger partial charge in [0, 0.05) is 24.0 Å². The number of anilines is 2. The smallest absolute Gasteiger partial charge is 0.337 e. The lowest BCUT2D eigenvalue weighted by molar-refractivity contribution is -0.0449. The lowest BCUT2D eigenvalue weighted by atomic mass is 10.1. The number of halogens is 2. The van der Waals surface area contributed by atoms with Gasteiger partial charge in [-0.15, -0.1) is 0 Å². The molecule has 2 aliphatic heterocycles. The standard InChI is InChI=1S/C20H20BrFN2O3/c1-26-20(25)13-3-5-17-18(8-13)24(11-15-6-7-27-15)19(23-17)9-12-2-4-14(21)10-16(12)22/h2-5,8,10,15,19,23H,6-7,9,11H2,1H3. The number of benzene rings is 2. The number of nitrogens with one attached hydrogen (secondary N) is 1. The third-order valence-electron chi connectivity index (χ3n) is 5.05. The van der Waals surface area contributed by atoms with E-state index in [2.05, 4.69) is 26.1 Å². The molecule has 2 heterocycles. The zero-order valence-electron chi connectivity index (χ0n) is 14.9. The summed E-state index contributed by atoms with van der Waals surface area (Å²) in [7, 11) is 1.37. The number of hydrogen-bond acceptors (Lipinski definition) is 5. The molecule has 0 aromatic heterocycles. The van der Waals surface area contributed by atoms with E-state index < -0.39 is 0 Å². The van der Waals surface area contributed by atoms with Gasteiger partial charge in [0.05, 0.1) is 30.2 Å². The number of hydrogen-bond donors (Lipinski definition) is 1. The van der Waals surface area contributed by atoms with Crippen LogP contribution in [0.25, 0.3) is 0 Å². The normalized spacial score (nSPS) is 20.6. The zero-order valence-corrected chi connectivity index (χ0v) is 16.5. The monoisotopic (exact) mass is 434 g/mol. The fraction of sp³-hybridized carbons (Fsp3) is 0.350. The average Bonchev–Trinajstić information content (AvgIpc) is 2.96. The van der Waals surface area contributed by atoms with Gasteiger partial charge in [-0.3, -0.25) is 0 Å². The number of fused-ring (bicyclic) bond motifs is 1. The maximum atomic E-state index is 14.4. The van der Waals surface area contributed by atoms with Crippen molar-refractivity contribution in [3.8, 4) is 0 Å². The van der Waals surface area contributed by atoms with Gasteiger partial charge in [0.2, 0.25) is 0 Å². The number of carbonyl (C=O) groups excluding carboxylic acids is 1. The van der Waals surface area contributed by atoms with E-state index in [1.165, 1.54) is 13.2 Å². The van der Waals surface area contributed by atoms with Crippen LogP contribution in [0, 0.1) is 5.82 Å². The van der Waals surface area contributed by atoms with Crippen molar-refractivity contribution in [2.75, 3.05) is 30.5 Å². The summed E-state index contributed by atoms with van der Waals surface area (Å²) in [6.45, 7) is 1.46.